The predicted molar refractivity (Wildman–Crippen MR) is 104 cm³/mol. The van der Waals surface area contributed by atoms with Gasteiger partial charge in [0, 0.05) is 30.2 Å². The average molecular weight is 361 g/mol. The van der Waals surface area contributed by atoms with Crippen molar-refractivity contribution in [2.24, 2.45) is 4.99 Å². The number of hydrogen-bond donors (Lipinski definition) is 0. The lowest BCUT2D eigenvalue weighted by molar-refractivity contribution is 0.568. The van der Waals surface area contributed by atoms with Crippen molar-refractivity contribution in [1.82, 2.24) is 9.55 Å². The molecule has 0 unspecified atom stereocenters. The molecular formula is C21H19N3OS. The Morgan fingerprint density at radius 3 is 2.85 bits per heavy atom. The summed E-state index contributed by atoms with van der Waals surface area (Å²) in [5, 5.41) is 2.10. The molecule has 130 valence electrons. The van der Waals surface area contributed by atoms with Crippen LogP contribution in [0.3, 0.4) is 0 Å². The van der Waals surface area contributed by atoms with Crippen molar-refractivity contribution in [2.75, 3.05) is 0 Å². The average Bonchev–Trinajstić information content (AvgIpc) is 3.31. The van der Waals surface area contributed by atoms with Crippen molar-refractivity contribution < 1.29 is 4.42 Å². The second kappa shape index (κ2) is 7.54. The monoisotopic (exact) mass is 361 g/mol. The molecule has 3 aromatic heterocycles. The molecule has 0 aliphatic heterocycles. The molecule has 0 radical (unpaired) electrons. The molecule has 26 heavy (non-hydrogen) atoms. The maximum Gasteiger partial charge on any atom is 0.190 e. The topological polar surface area (TPSA) is 43.3 Å². The molecule has 4 nitrogen and oxygen atoms in total. The van der Waals surface area contributed by atoms with E-state index in [9.17, 15) is 0 Å². The van der Waals surface area contributed by atoms with E-state index in [-0.39, 0.29) is 0 Å². The summed E-state index contributed by atoms with van der Waals surface area (Å²) in [5.41, 5.74) is 4.28. The van der Waals surface area contributed by atoms with Crippen LogP contribution in [-0.2, 0) is 13.0 Å². The normalized spacial score (nSPS) is 11.8. The van der Waals surface area contributed by atoms with Crippen LogP contribution in [0.2, 0.25) is 0 Å². The molecule has 0 aliphatic carbocycles. The lowest BCUT2D eigenvalue weighted by Crippen LogP contribution is -2.17. The standard InChI is InChI=1S/C21H19N3OS/c1-16-6-4-8-18(14-16)23-21-24(12-10-17-7-2-3-11-22-17)19(15-26-21)20-9-5-13-25-20/h2-9,11,13-15H,10,12H2,1H3. The number of benzene rings is 1. The number of hydrogen-bond acceptors (Lipinski definition) is 4. The van der Waals surface area contributed by atoms with Crippen LogP contribution in [0.15, 0.2) is 81.8 Å². The highest BCUT2D eigenvalue weighted by atomic mass is 32.1. The van der Waals surface area contributed by atoms with E-state index >= 15 is 0 Å². The zero-order valence-electron chi connectivity index (χ0n) is 14.5. The van der Waals surface area contributed by atoms with Crippen molar-refractivity contribution in [3.8, 4) is 11.5 Å². The van der Waals surface area contributed by atoms with Gasteiger partial charge in [-0.3, -0.25) is 4.98 Å². The number of rotatable bonds is 5. The van der Waals surface area contributed by atoms with Gasteiger partial charge in [-0.05, 0) is 48.9 Å². The van der Waals surface area contributed by atoms with E-state index in [2.05, 4.69) is 40.1 Å². The van der Waals surface area contributed by atoms with Gasteiger partial charge in [0.25, 0.3) is 0 Å². The molecule has 0 saturated heterocycles. The van der Waals surface area contributed by atoms with Crippen molar-refractivity contribution in [2.45, 2.75) is 19.9 Å². The Labute approximate surface area is 156 Å². The summed E-state index contributed by atoms with van der Waals surface area (Å²) in [6, 6.07) is 18.1. The van der Waals surface area contributed by atoms with Crippen molar-refractivity contribution in [1.29, 1.82) is 0 Å². The quantitative estimate of drug-likeness (QED) is 0.503. The maximum absolute atomic E-state index is 5.62. The molecule has 0 N–H and O–H groups in total. The van der Waals surface area contributed by atoms with Crippen LogP contribution in [-0.4, -0.2) is 9.55 Å². The summed E-state index contributed by atoms with van der Waals surface area (Å²) in [4.78, 5) is 10.3. The fourth-order valence-corrected chi connectivity index (χ4v) is 3.77. The van der Waals surface area contributed by atoms with Gasteiger partial charge in [-0.2, -0.15) is 0 Å². The lowest BCUT2D eigenvalue weighted by Gasteiger charge is -2.07. The molecule has 5 heteroatoms. The van der Waals surface area contributed by atoms with Crippen molar-refractivity contribution >= 4 is 17.0 Å². The van der Waals surface area contributed by atoms with E-state index in [4.69, 9.17) is 9.41 Å². The SMILES string of the molecule is Cc1cccc(N=c2scc(-c3ccco3)n2CCc2ccccn2)c1. The highest BCUT2D eigenvalue weighted by Crippen LogP contribution is 2.22. The maximum atomic E-state index is 5.62. The van der Waals surface area contributed by atoms with Crippen LogP contribution in [0.4, 0.5) is 5.69 Å². The highest BCUT2D eigenvalue weighted by Gasteiger charge is 2.11. The van der Waals surface area contributed by atoms with E-state index in [0.29, 0.717) is 0 Å². The first kappa shape index (κ1) is 16.5. The molecular weight excluding hydrogens is 342 g/mol. The van der Waals surface area contributed by atoms with Crippen LogP contribution in [0.25, 0.3) is 11.5 Å². The minimum absolute atomic E-state index is 0.793. The second-order valence-electron chi connectivity index (χ2n) is 6.05. The van der Waals surface area contributed by atoms with Crippen LogP contribution in [0, 0.1) is 6.92 Å². The van der Waals surface area contributed by atoms with Crippen LogP contribution < -0.4 is 4.80 Å². The van der Waals surface area contributed by atoms with E-state index in [1.54, 1.807) is 17.6 Å². The zero-order valence-corrected chi connectivity index (χ0v) is 15.3. The molecule has 3 heterocycles. The van der Waals surface area contributed by atoms with E-state index in [1.165, 1.54) is 5.56 Å². The predicted octanol–water partition coefficient (Wildman–Crippen LogP) is 4.99. The molecule has 4 aromatic rings. The van der Waals surface area contributed by atoms with Crippen LogP contribution >= 0.6 is 11.3 Å². The number of furan rings is 1. The van der Waals surface area contributed by atoms with E-state index in [0.717, 1.165) is 40.6 Å². The Morgan fingerprint density at radius 2 is 2.08 bits per heavy atom. The van der Waals surface area contributed by atoms with Crippen molar-refractivity contribution in [3.63, 3.8) is 0 Å². The smallest absolute Gasteiger partial charge is 0.190 e. The fraction of sp³-hybridized carbons (Fsp3) is 0.143. The Hall–Kier alpha value is -2.92. The summed E-state index contributed by atoms with van der Waals surface area (Å²) in [6.45, 7) is 2.87. The largest absolute Gasteiger partial charge is 0.463 e. The first-order valence-corrected chi connectivity index (χ1v) is 9.41. The minimum Gasteiger partial charge on any atom is -0.463 e. The molecule has 1 aromatic carbocycles. The third-order valence-corrected chi connectivity index (χ3v) is 4.98. The lowest BCUT2D eigenvalue weighted by atomic mass is 10.2. The van der Waals surface area contributed by atoms with Crippen LogP contribution in [0.1, 0.15) is 11.3 Å². The van der Waals surface area contributed by atoms with Gasteiger partial charge in [0.15, 0.2) is 10.6 Å². The highest BCUT2D eigenvalue weighted by molar-refractivity contribution is 7.07. The summed E-state index contributed by atoms with van der Waals surface area (Å²) < 4.78 is 7.83. The third-order valence-electron chi connectivity index (χ3n) is 4.12. The molecule has 0 aliphatic rings. The Kier molecular flexibility index (Phi) is 4.80. The Balaban J connectivity index is 1.74. The van der Waals surface area contributed by atoms with Crippen LogP contribution in [0.5, 0.6) is 0 Å². The number of thiazole rings is 1. The molecule has 0 fully saturated rings. The Morgan fingerprint density at radius 1 is 1.12 bits per heavy atom. The van der Waals surface area contributed by atoms with E-state index < -0.39 is 0 Å². The van der Waals surface area contributed by atoms with Gasteiger partial charge >= 0.3 is 0 Å². The van der Waals surface area contributed by atoms with Gasteiger partial charge in [0.1, 0.15) is 0 Å². The number of nitrogens with zero attached hydrogens (tertiary/aromatic N) is 3. The molecule has 0 amide bonds. The number of aromatic nitrogens is 2. The van der Waals surface area contributed by atoms with Gasteiger partial charge in [0.2, 0.25) is 0 Å². The second-order valence-corrected chi connectivity index (χ2v) is 6.89. The van der Waals surface area contributed by atoms with Gasteiger partial charge in [-0.1, -0.05) is 18.2 Å². The van der Waals surface area contributed by atoms with Gasteiger partial charge in [-0.25, -0.2) is 4.99 Å². The molecule has 0 atom stereocenters. The minimum atomic E-state index is 0.793. The molecule has 4 rings (SSSR count). The zero-order chi connectivity index (χ0) is 17.8. The number of aryl methyl sites for hydroxylation is 2. The molecule has 0 saturated carbocycles. The van der Waals surface area contributed by atoms with Gasteiger partial charge in [0.05, 0.1) is 17.6 Å². The summed E-state index contributed by atoms with van der Waals surface area (Å²) >= 11 is 1.63. The Bertz CT molecular complexity index is 1050. The van der Waals surface area contributed by atoms with E-state index in [1.807, 2.05) is 42.6 Å². The summed E-state index contributed by atoms with van der Waals surface area (Å²) in [6.07, 6.45) is 4.37. The molecule has 0 bridgehead atoms. The van der Waals surface area contributed by atoms with Crippen molar-refractivity contribution in [3.05, 3.63) is 88.5 Å². The third kappa shape index (κ3) is 3.68. The summed E-state index contributed by atoms with van der Waals surface area (Å²) in [5.74, 6) is 0.855. The first-order valence-electron chi connectivity index (χ1n) is 8.53. The van der Waals surface area contributed by atoms with Gasteiger partial charge < -0.3 is 8.98 Å². The van der Waals surface area contributed by atoms with Gasteiger partial charge in [-0.15, -0.1) is 11.3 Å². The molecule has 0 spiro atoms. The number of pyridine rings is 1. The first-order chi connectivity index (χ1) is 12.8. The summed E-state index contributed by atoms with van der Waals surface area (Å²) in [7, 11) is 0. The fourth-order valence-electron chi connectivity index (χ4n) is 2.84.